The van der Waals surface area contributed by atoms with Gasteiger partial charge >= 0.3 is 0 Å². The lowest BCUT2D eigenvalue weighted by molar-refractivity contribution is 0.117. The molecule has 0 spiro atoms. The lowest BCUT2D eigenvalue weighted by atomic mass is 9.96. The van der Waals surface area contributed by atoms with E-state index in [0.29, 0.717) is 6.61 Å². The average molecular weight is 423 g/mol. The summed E-state index contributed by atoms with van der Waals surface area (Å²) in [5, 5.41) is 0. The fourth-order valence-corrected chi connectivity index (χ4v) is 3.20. The van der Waals surface area contributed by atoms with Gasteiger partial charge in [0.05, 0.1) is 18.6 Å². The molecular weight excluding hydrogens is 384 g/mol. The van der Waals surface area contributed by atoms with E-state index >= 15 is 0 Å². The van der Waals surface area contributed by atoms with E-state index in [0.717, 1.165) is 60.7 Å². The molecule has 0 fully saturated rings. The molecule has 2 aromatic carbocycles. The molecule has 1 unspecified atom stereocenters. The molecule has 1 atom stereocenters. The van der Waals surface area contributed by atoms with Gasteiger partial charge in [0.1, 0.15) is 11.5 Å². The number of aryl methyl sites for hydroxylation is 2. The molecule has 4 heteroatoms. The van der Waals surface area contributed by atoms with Crippen LogP contribution in [0.1, 0.15) is 55.7 Å². The smallest absolute Gasteiger partial charge is 0.130 e. The molecule has 0 saturated carbocycles. The van der Waals surface area contributed by atoms with E-state index in [1.54, 1.807) is 0 Å². The molecule has 0 radical (unpaired) electrons. The molecule has 4 nitrogen and oxygen atoms in total. The van der Waals surface area contributed by atoms with Crippen molar-refractivity contribution in [3.63, 3.8) is 0 Å². The Bertz CT molecular complexity index is 860. The van der Waals surface area contributed by atoms with Crippen molar-refractivity contribution in [3.8, 4) is 11.5 Å². The standard InChI is InChI=1S/C27H38N2O2/c1-7-10-15-30-19-24(12-8-2)23-13-11-14-25(18-23)31-27-17-21(4)26(16-22(27)5)28-20-29(6)9-3/h8,11,13-14,16-18,20,24H,2,7,9-10,12,15,19H2,1,3-6H3. The first-order valence-corrected chi connectivity index (χ1v) is 11.3. The predicted molar refractivity (Wildman–Crippen MR) is 132 cm³/mol. The summed E-state index contributed by atoms with van der Waals surface area (Å²) >= 11 is 0. The predicted octanol–water partition coefficient (Wildman–Crippen LogP) is 7.18. The normalized spacial score (nSPS) is 12.2. The Labute approximate surface area is 188 Å². The molecule has 0 aromatic heterocycles. The first-order valence-electron chi connectivity index (χ1n) is 11.3. The van der Waals surface area contributed by atoms with E-state index in [4.69, 9.17) is 9.47 Å². The number of benzene rings is 2. The number of hydrogen-bond acceptors (Lipinski definition) is 3. The van der Waals surface area contributed by atoms with Crippen molar-refractivity contribution < 1.29 is 9.47 Å². The van der Waals surface area contributed by atoms with E-state index in [-0.39, 0.29) is 5.92 Å². The molecule has 0 heterocycles. The van der Waals surface area contributed by atoms with Crippen LogP contribution in [-0.2, 0) is 4.74 Å². The topological polar surface area (TPSA) is 34.1 Å². The first-order chi connectivity index (χ1) is 15.0. The second-order valence-corrected chi connectivity index (χ2v) is 8.05. The van der Waals surface area contributed by atoms with Crippen LogP contribution in [0, 0.1) is 13.8 Å². The SMILES string of the molecule is C=CCC(COCCCC)c1cccc(Oc2cc(C)c(N=CN(C)CC)cc2C)c1. The highest BCUT2D eigenvalue weighted by molar-refractivity contribution is 5.64. The monoisotopic (exact) mass is 422 g/mol. The maximum atomic E-state index is 6.27. The minimum atomic E-state index is 0.285. The third-order valence-corrected chi connectivity index (χ3v) is 5.36. The van der Waals surface area contributed by atoms with E-state index in [1.807, 2.05) is 31.6 Å². The van der Waals surface area contributed by atoms with E-state index < -0.39 is 0 Å². The molecule has 2 aromatic rings. The summed E-state index contributed by atoms with van der Waals surface area (Å²) in [5.74, 6) is 1.98. The van der Waals surface area contributed by atoms with Gasteiger partial charge in [-0.25, -0.2) is 4.99 Å². The van der Waals surface area contributed by atoms with Gasteiger partial charge in [-0.05, 0) is 74.6 Å². The summed E-state index contributed by atoms with van der Waals surface area (Å²) < 4.78 is 12.2. The Hall–Kier alpha value is -2.59. The highest BCUT2D eigenvalue weighted by Crippen LogP contribution is 2.33. The van der Waals surface area contributed by atoms with Crippen LogP contribution >= 0.6 is 0 Å². The zero-order valence-corrected chi connectivity index (χ0v) is 19.9. The van der Waals surface area contributed by atoms with Crippen LogP contribution in [-0.4, -0.2) is 38.0 Å². The Balaban J connectivity index is 2.16. The summed E-state index contributed by atoms with van der Waals surface area (Å²) in [5.41, 5.74) is 4.33. The Kier molecular flexibility index (Phi) is 10.3. The Morgan fingerprint density at radius 1 is 1.13 bits per heavy atom. The largest absolute Gasteiger partial charge is 0.457 e. The summed E-state index contributed by atoms with van der Waals surface area (Å²) in [6.45, 7) is 14.8. The molecule has 31 heavy (non-hydrogen) atoms. The van der Waals surface area contributed by atoms with Crippen LogP contribution in [0.3, 0.4) is 0 Å². The minimum absolute atomic E-state index is 0.285. The van der Waals surface area contributed by atoms with Gasteiger partial charge in [0, 0.05) is 26.1 Å². The number of hydrogen-bond donors (Lipinski definition) is 0. The number of allylic oxidation sites excluding steroid dienone is 1. The van der Waals surface area contributed by atoms with Crippen molar-refractivity contribution in [2.75, 3.05) is 26.8 Å². The number of ether oxygens (including phenoxy) is 2. The van der Waals surface area contributed by atoms with Crippen LogP contribution in [0.5, 0.6) is 11.5 Å². The average Bonchev–Trinajstić information content (AvgIpc) is 2.77. The molecule has 0 bridgehead atoms. The van der Waals surface area contributed by atoms with Crippen LogP contribution in [0.4, 0.5) is 5.69 Å². The molecule has 0 aliphatic carbocycles. The highest BCUT2D eigenvalue weighted by Gasteiger charge is 2.13. The number of nitrogens with zero attached hydrogens (tertiary/aromatic N) is 2. The summed E-state index contributed by atoms with van der Waals surface area (Å²) in [7, 11) is 2.02. The maximum Gasteiger partial charge on any atom is 0.130 e. The molecule has 0 N–H and O–H groups in total. The van der Waals surface area contributed by atoms with Crippen LogP contribution < -0.4 is 4.74 Å². The minimum Gasteiger partial charge on any atom is -0.457 e. The molecular formula is C27H38N2O2. The zero-order valence-electron chi connectivity index (χ0n) is 19.9. The third-order valence-electron chi connectivity index (χ3n) is 5.36. The number of rotatable bonds is 13. The van der Waals surface area contributed by atoms with Gasteiger partial charge in [-0.3, -0.25) is 0 Å². The van der Waals surface area contributed by atoms with Crippen molar-refractivity contribution in [3.05, 3.63) is 65.7 Å². The van der Waals surface area contributed by atoms with Gasteiger partial charge in [-0.2, -0.15) is 0 Å². The molecule has 0 saturated heterocycles. The summed E-state index contributed by atoms with van der Waals surface area (Å²) in [4.78, 5) is 6.66. The van der Waals surface area contributed by atoms with E-state index in [9.17, 15) is 0 Å². The molecule has 168 valence electrons. The van der Waals surface area contributed by atoms with Crippen LogP contribution in [0.15, 0.2) is 54.0 Å². The van der Waals surface area contributed by atoms with Gasteiger partial charge in [0.15, 0.2) is 0 Å². The van der Waals surface area contributed by atoms with Gasteiger partial charge in [0.25, 0.3) is 0 Å². The van der Waals surface area contributed by atoms with Gasteiger partial charge in [0.2, 0.25) is 0 Å². The van der Waals surface area contributed by atoms with E-state index in [2.05, 4.69) is 68.4 Å². The molecule has 2 rings (SSSR count). The van der Waals surface area contributed by atoms with Crippen LogP contribution in [0.2, 0.25) is 0 Å². The fourth-order valence-electron chi connectivity index (χ4n) is 3.20. The van der Waals surface area contributed by atoms with Gasteiger partial charge < -0.3 is 14.4 Å². The lowest BCUT2D eigenvalue weighted by Crippen LogP contribution is -2.14. The third kappa shape index (κ3) is 7.87. The zero-order chi connectivity index (χ0) is 22.6. The van der Waals surface area contributed by atoms with Gasteiger partial charge in [-0.15, -0.1) is 6.58 Å². The molecule has 0 aliphatic heterocycles. The van der Waals surface area contributed by atoms with Crippen LogP contribution in [0.25, 0.3) is 0 Å². The van der Waals surface area contributed by atoms with Crippen molar-refractivity contribution in [2.45, 2.75) is 52.9 Å². The summed E-state index contributed by atoms with van der Waals surface area (Å²) in [6.07, 6.45) is 6.95. The summed E-state index contributed by atoms with van der Waals surface area (Å²) in [6, 6.07) is 12.5. The Morgan fingerprint density at radius 3 is 2.65 bits per heavy atom. The second kappa shape index (κ2) is 13.0. The lowest BCUT2D eigenvalue weighted by Gasteiger charge is -2.18. The molecule has 0 aliphatic rings. The van der Waals surface area contributed by atoms with E-state index in [1.165, 1.54) is 5.56 Å². The number of unbranched alkanes of at least 4 members (excludes halogenated alkanes) is 1. The van der Waals surface area contributed by atoms with Crippen molar-refractivity contribution in [1.82, 2.24) is 4.90 Å². The molecule has 0 amide bonds. The van der Waals surface area contributed by atoms with Gasteiger partial charge in [-0.1, -0.05) is 31.6 Å². The first kappa shape index (κ1) is 24.7. The van der Waals surface area contributed by atoms with Crippen molar-refractivity contribution >= 4 is 12.0 Å². The Morgan fingerprint density at radius 2 is 1.94 bits per heavy atom. The fraction of sp³-hybridized carbons (Fsp3) is 0.444. The highest BCUT2D eigenvalue weighted by atomic mass is 16.5. The maximum absolute atomic E-state index is 6.27. The van der Waals surface area contributed by atoms with Crippen molar-refractivity contribution in [1.29, 1.82) is 0 Å². The number of aliphatic imine (C=N–C) groups is 1. The quantitative estimate of drug-likeness (QED) is 0.148. The second-order valence-electron chi connectivity index (χ2n) is 8.05. The van der Waals surface area contributed by atoms with Crippen molar-refractivity contribution in [2.24, 2.45) is 4.99 Å².